The van der Waals surface area contributed by atoms with Crippen molar-refractivity contribution in [1.29, 1.82) is 0 Å². The molecule has 0 saturated carbocycles. The fourth-order valence-corrected chi connectivity index (χ4v) is 2.62. The Bertz CT molecular complexity index is 463. The van der Waals surface area contributed by atoms with Crippen molar-refractivity contribution in [2.45, 2.75) is 51.4 Å². The standard InChI is InChI=1S/C18H23IO2/c1-2-3-4-5-6-7-8-9-10-14-21-18(20)16-12-11-13-17(19)15-16/h1,11-13,15H,3-10,14H2. The zero-order valence-electron chi connectivity index (χ0n) is 12.4. The molecule has 1 aromatic rings. The van der Waals surface area contributed by atoms with Crippen molar-refractivity contribution in [2.24, 2.45) is 0 Å². The maximum Gasteiger partial charge on any atom is 0.338 e. The number of carbonyl (C=O) groups is 1. The van der Waals surface area contributed by atoms with E-state index in [1.54, 1.807) is 6.07 Å². The summed E-state index contributed by atoms with van der Waals surface area (Å²) < 4.78 is 6.33. The smallest absolute Gasteiger partial charge is 0.338 e. The van der Waals surface area contributed by atoms with Gasteiger partial charge in [0.25, 0.3) is 0 Å². The fraction of sp³-hybridized carbons (Fsp3) is 0.500. The van der Waals surface area contributed by atoms with Gasteiger partial charge in [0, 0.05) is 9.99 Å². The van der Waals surface area contributed by atoms with Gasteiger partial charge in [-0.25, -0.2) is 4.79 Å². The number of unbranched alkanes of at least 4 members (excludes halogenated alkanes) is 7. The molecule has 0 unspecified atom stereocenters. The lowest BCUT2D eigenvalue weighted by Crippen LogP contribution is -2.06. The van der Waals surface area contributed by atoms with Gasteiger partial charge in [0.15, 0.2) is 0 Å². The number of ether oxygens (including phenoxy) is 1. The third-order valence-corrected chi connectivity index (χ3v) is 3.93. The minimum atomic E-state index is -0.220. The zero-order chi connectivity index (χ0) is 15.3. The number of terminal acetylenes is 1. The average molecular weight is 398 g/mol. The van der Waals surface area contributed by atoms with Gasteiger partial charge in [0.05, 0.1) is 12.2 Å². The molecule has 1 rings (SSSR count). The van der Waals surface area contributed by atoms with E-state index in [2.05, 4.69) is 28.5 Å². The molecular formula is C18H23IO2. The number of halogens is 1. The Morgan fingerprint density at radius 3 is 2.43 bits per heavy atom. The lowest BCUT2D eigenvalue weighted by molar-refractivity contribution is 0.0497. The van der Waals surface area contributed by atoms with Crippen molar-refractivity contribution >= 4 is 28.6 Å². The van der Waals surface area contributed by atoms with Gasteiger partial charge in [0.2, 0.25) is 0 Å². The molecule has 21 heavy (non-hydrogen) atoms. The molecule has 0 atom stereocenters. The topological polar surface area (TPSA) is 26.3 Å². The van der Waals surface area contributed by atoms with Gasteiger partial charge in [-0.05, 0) is 53.6 Å². The Kier molecular flexibility index (Phi) is 9.98. The first-order valence-electron chi connectivity index (χ1n) is 7.60. The van der Waals surface area contributed by atoms with Crippen LogP contribution >= 0.6 is 22.6 Å². The highest BCUT2D eigenvalue weighted by molar-refractivity contribution is 14.1. The first-order chi connectivity index (χ1) is 10.2. The van der Waals surface area contributed by atoms with Crippen molar-refractivity contribution in [1.82, 2.24) is 0 Å². The number of carbonyl (C=O) groups excluding carboxylic acids is 1. The van der Waals surface area contributed by atoms with E-state index >= 15 is 0 Å². The van der Waals surface area contributed by atoms with Gasteiger partial charge >= 0.3 is 5.97 Å². The maximum absolute atomic E-state index is 11.8. The van der Waals surface area contributed by atoms with Crippen LogP contribution in [0.15, 0.2) is 24.3 Å². The number of hydrogen-bond donors (Lipinski definition) is 0. The normalized spacial score (nSPS) is 10.1. The second-order valence-electron chi connectivity index (χ2n) is 5.08. The Morgan fingerprint density at radius 1 is 1.10 bits per heavy atom. The molecule has 0 heterocycles. The van der Waals surface area contributed by atoms with E-state index in [4.69, 9.17) is 11.2 Å². The van der Waals surface area contributed by atoms with Gasteiger partial charge in [-0.15, -0.1) is 12.3 Å². The molecule has 0 spiro atoms. The van der Waals surface area contributed by atoms with E-state index in [0.717, 1.165) is 29.3 Å². The Labute approximate surface area is 141 Å². The number of benzene rings is 1. The van der Waals surface area contributed by atoms with Gasteiger partial charge in [-0.1, -0.05) is 38.2 Å². The summed E-state index contributed by atoms with van der Waals surface area (Å²) in [4.78, 5) is 11.8. The maximum atomic E-state index is 11.8. The molecule has 1 aromatic carbocycles. The predicted octanol–water partition coefficient (Wildman–Crippen LogP) is 5.20. The lowest BCUT2D eigenvalue weighted by Gasteiger charge is -2.05. The highest BCUT2D eigenvalue weighted by Gasteiger charge is 2.06. The van der Waals surface area contributed by atoms with Gasteiger partial charge in [-0.2, -0.15) is 0 Å². The van der Waals surface area contributed by atoms with Crippen LogP contribution < -0.4 is 0 Å². The third kappa shape index (κ3) is 8.77. The van der Waals surface area contributed by atoms with E-state index in [1.165, 1.54) is 25.7 Å². The summed E-state index contributed by atoms with van der Waals surface area (Å²) in [6.07, 6.45) is 14.2. The summed E-state index contributed by atoms with van der Waals surface area (Å²) in [7, 11) is 0. The molecular weight excluding hydrogens is 375 g/mol. The van der Waals surface area contributed by atoms with Gasteiger partial charge < -0.3 is 4.74 Å². The molecule has 3 heteroatoms. The predicted molar refractivity (Wildman–Crippen MR) is 95.2 cm³/mol. The first kappa shape index (κ1) is 18.0. The van der Waals surface area contributed by atoms with Gasteiger partial charge in [-0.3, -0.25) is 0 Å². The molecule has 0 N–H and O–H groups in total. The van der Waals surface area contributed by atoms with E-state index in [9.17, 15) is 4.79 Å². The number of hydrogen-bond acceptors (Lipinski definition) is 2. The number of esters is 1. The van der Waals surface area contributed by atoms with Crippen LogP contribution in [0, 0.1) is 15.9 Å². The minimum Gasteiger partial charge on any atom is -0.462 e. The van der Waals surface area contributed by atoms with E-state index in [-0.39, 0.29) is 5.97 Å². The Balaban J connectivity index is 1.99. The largest absolute Gasteiger partial charge is 0.462 e. The second kappa shape index (κ2) is 11.6. The summed E-state index contributed by atoms with van der Waals surface area (Å²) >= 11 is 2.19. The Hall–Kier alpha value is -1.02. The van der Waals surface area contributed by atoms with Crippen molar-refractivity contribution in [3.8, 4) is 12.3 Å². The van der Waals surface area contributed by atoms with Crippen LogP contribution in [0.25, 0.3) is 0 Å². The molecule has 0 fully saturated rings. The number of rotatable bonds is 10. The summed E-state index contributed by atoms with van der Waals surface area (Å²) in [5, 5.41) is 0. The van der Waals surface area contributed by atoms with Crippen LogP contribution in [-0.2, 0) is 4.74 Å². The quantitative estimate of drug-likeness (QED) is 0.234. The summed E-state index contributed by atoms with van der Waals surface area (Å²) in [6.45, 7) is 0.515. The molecule has 114 valence electrons. The van der Waals surface area contributed by atoms with Crippen molar-refractivity contribution in [3.63, 3.8) is 0 Å². The van der Waals surface area contributed by atoms with Crippen LogP contribution in [0.2, 0.25) is 0 Å². The molecule has 0 aliphatic heterocycles. The van der Waals surface area contributed by atoms with Crippen LogP contribution in [-0.4, -0.2) is 12.6 Å². The van der Waals surface area contributed by atoms with Crippen LogP contribution in [0.5, 0.6) is 0 Å². The summed E-state index contributed by atoms with van der Waals surface area (Å²) in [5.74, 6) is 2.45. The van der Waals surface area contributed by atoms with Crippen LogP contribution in [0.1, 0.15) is 61.7 Å². The monoisotopic (exact) mass is 398 g/mol. The second-order valence-corrected chi connectivity index (χ2v) is 6.32. The molecule has 0 amide bonds. The van der Waals surface area contributed by atoms with Crippen molar-refractivity contribution in [2.75, 3.05) is 6.61 Å². The molecule has 0 aliphatic carbocycles. The molecule has 2 nitrogen and oxygen atoms in total. The van der Waals surface area contributed by atoms with Crippen molar-refractivity contribution in [3.05, 3.63) is 33.4 Å². The van der Waals surface area contributed by atoms with Crippen LogP contribution in [0.4, 0.5) is 0 Å². The minimum absolute atomic E-state index is 0.220. The Morgan fingerprint density at radius 2 is 1.76 bits per heavy atom. The molecule has 0 aromatic heterocycles. The highest BCUT2D eigenvalue weighted by Crippen LogP contribution is 2.11. The van der Waals surface area contributed by atoms with E-state index < -0.39 is 0 Å². The van der Waals surface area contributed by atoms with E-state index in [1.807, 2.05) is 18.2 Å². The SMILES string of the molecule is C#CCCCCCCCCCOC(=O)c1cccc(I)c1. The fourth-order valence-electron chi connectivity index (χ4n) is 2.08. The van der Waals surface area contributed by atoms with E-state index in [0.29, 0.717) is 12.2 Å². The zero-order valence-corrected chi connectivity index (χ0v) is 14.6. The molecule has 0 radical (unpaired) electrons. The van der Waals surface area contributed by atoms with Crippen LogP contribution in [0.3, 0.4) is 0 Å². The average Bonchev–Trinajstić information content (AvgIpc) is 2.49. The highest BCUT2D eigenvalue weighted by atomic mass is 127. The molecule has 0 saturated heterocycles. The first-order valence-corrected chi connectivity index (χ1v) is 8.68. The summed E-state index contributed by atoms with van der Waals surface area (Å²) in [5.41, 5.74) is 0.635. The molecule has 0 bridgehead atoms. The third-order valence-electron chi connectivity index (χ3n) is 3.26. The summed E-state index contributed by atoms with van der Waals surface area (Å²) in [6, 6.07) is 7.47. The van der Waals surface area contributed by atoms with Gasteiger partial charge in [0.1, 0.15) is 0 Å². The lowest BCUT2D eigenvalue weighted by atomic mass is 10.1. The molecule has 0 aliphatic rings. The van der Waals surface area contributed by atoms with Crippen molar-refractivity contribution < 1.29 is 9.53 Å².